The van der Waals surface area contributed by atoms with Gasteiger partial charge in [0.1, 0.15) is 11.6 Å². The Kier molecular flexibility index (Phi) is 7.13. The highest BCUT2D eigenvalue weighted by Crippen LogP contribution is 2.15. The summed E-state index contributed by atoms with van der Waals surface area (Å²) < 4.78 is 5.22. The van der Waals surface area contributed by atoms with E-state index in [2.05, 4.69) is 0 Å². The van der Waals surface area contributed by atoms with Gasteiger partial charge in [0.2, 0.25) is 0 Å². The molecule has 0 unspecified atom stereocenters. The molecule has 0 saturated heterocycles. The average Bonchev–Trinajstić information content (AvgIpc) is 2.20. The van der Waals surface area contributed by atoms with Gasteiger partial charge in [-0.2, -0.15) is 11.8 Å². The number of thioether (sulfide) groups is 1. The number of carbonyl (C=O) groups excluding carboxylic acids is 1. The van der Waals surface area contributed by atoms with Crippen LogP contribution in [0.3, 0.4) is 0 Å². The molecule has 0 spiro atoms. The highest BCUT2D eigenvalue weighted by atomic mass is 32.2. The van der Waals surface area contributed by atoms with E-state index < -0.39 is 23.7 Å². The van der Waals surface area contributed by atoms with Gasteiger partial charge in [0.15, 0.2) is 0 Å². The first-order valence-electron chi connectivity index (χ1n) is 5.94. The van der Waals surface area contributed by atoms with Gasteiger partial charge >= 0.3 is 12.1 Å². The quantitative estimate of drug-likeness (QED) is 0.807. The van der Waals surface area contributed by atoms with Crippen LogP contribution in [-0.2, 0) is 9.53 Å². The van der Waals surface area contributed by atoms with Crippen LogP contribution < -0.4 is 0 Å². The zero-order chi connectivity index (χ0) is 14.3. The Morgan fingerprint density at radius 1 is 1.39 bits per heavy atom. The van der Waals surface area contributed by atoms with Gasteiger partial charge in [-0.3, -0.25) is 4.90 Å². The van der Waals surface area contributed by atoms with Crippen molar-refractivity contribution in [1.29, 1.82) is 0 Å². The monoisotopic (exact) mass is 277 g/mol. The molecule has 0 aromatic carbocycles. The van der Waals surface area contributed by atoms with Gasteiger partial charge in [0, 0.05) is 6.54 Å². The van der Waals surface area contributed by atoms with Crippen LogP contribution in [0.1, 0.15) is 34.1 Å². The summed E-state index contributed by atoms with van der Waals surface area (Å²) in [7, 11) is 0. The van der Waals surface area contributed by atoms with Crippen LogP contribution in [0.25, 0.3) is 0 Å². The Morgan fingerprint density at radius 3 is 2.28 bits per heavy atom. The van der Waals surface area contributed by atoms with Crippen LogP contribution in [0, 0.1) is 0 Å². The molecule has 0 radical (unpaired) electrons. The van der Waals surface area contributed by atoms with Crippen LogP contribution in [0.15, 0.2) is 0 Å². The summed E-state index contributed by atoms with van der Waals surface area (Å²) in [6, 6.07) is -0.822. The molecule has 5 nitrogen and oxygen atoms in total. The van der Waals surface area contributed by atoms with Crippen molar-refractivity contribution in [2.24, 2.45) is 0 Å². The average molecular weight is 277 g/mol. The Morgan fingerprint density at radius 2 is 1.94 bits per heavy atom. The second kappa shape index (κ2) is 7.51. The van der Waals surface area contributed by atoms with Crippen molar-refractivity contribution in [2.75, 3.05) is 18.6 Å². The van der Waals surface area contributed by atoms with Gasteiger partial charge in [-0.25, -0.2) is 9.59 Å². The van der Waals surface area contributed by atoms with Gasteiger partial charge in [0.25, 0.3) is 0 Å². The number of carbonyl (C=O) groups is 2. The first kappa shape index (κ1) is 17.1. The molecule has 6 heteroatoms. The van der Waals surface area contributed by atoms with E-state index >= 15 is 0 Å². The molecule has 0 aliphatic carbocycles. The van der Waals surface area contributed by atoms with E-state index in [0.717, 1.165) is 0 Å². The van der Waals surface area contributed by atoms with Crippen molar-refractivity contribution in [2.45, 2.75) is 45.8 Å². The van der Waals surface area contributed by atoms with Crippen LogP contribution in [0.2, 0.25) is 0 Å². The fraction of sp³-hybridized carbons (Fsp3) is 0.833. The van der Waals surface area contributed by atoms with Crippen LogP contribution in [0.5, 0.6) is 0 Å². The van der Waals surface area contributed by atoms with Gasteiger partial charge < -0.3 is 9.84 Å². The fourth-order valence-corrected chi connectivity index (χ4v) is 1.90. The fourth-order valence-electron chi connectivity index (χ4n) is 1.44. The van der Waals surface area contributed by atoms with Crippen LogP contribution >= 0.6 is 11.8 Å². The van der Waals surface area contributed by atoms with Crippen molar-refractivity contribution < 1.29 is 19.4 Å². The summed E-state index contributed by atoms with van der Waals surface area (Å²) in [5.41, 5.74) is -0.618. The number of carboxylic acid groups (broad SMARTS) is 1. The standard InChI is InChI=1S/C12H23NO4S/c1-6-13(11(16)17-12(2,3)4)9(10(14)15)7-8-18-5/h9H,6-8H2,1-5H3,(H,14,15)/t9-/m1/s1. The lowest BCUT2D eigenvalue weighted by atomic mass is 10.2. The molecule has 1 amide bonds. The zero-order valence-corrected chi connectivity index (χ0v) is 12.5. The number of amides is 1. The van der Waals surface area contributed by atoms with Gasteiger partial charge in [-0.1, -0.05) is 0 Å². The smallest absolute Gasteiger partial charge is 0.411 e. The Bertz CT molecular complexity index is 288. The Balaban J connectivity index is 4.78. The second-order valence-corrected chi connectivity index (χ2v) is 5.89. The highest BCUT2D eigenvalue weighted by molar-refractivity contribution is 7.98. The SMILES string of the molecule is CCN(C(=O)OC(C)(C)C)[C@H](CCSC)C(=O)O. The minimum absolute atomic E-state index is 0.320. The van der Waals surface area contributed by atoms with E-state index in [-0.39, 0.29) is 0 Å². The van der Waals surface area contributed by atoms with E-state index in [9.17, 15) is 14.7 Å². The van der Waals surface area contributed by atoms with E-state index in [1.165, 1.54) is 4.90 Å². The number of hydrogen-bond acceptors (Lipinski definition) is 4. The maximum Gasteiger partial charge on any atom is 0.411 e. The molecule has 1 N–H and O–H groups in total. The van der Waals surface area contributed by atoms with Crippen molar-refractivity contribution in [3.63, 3.8) is 0 Å². The zero-order valence-electron chi connectivity index (χ0n) is 11.7. The minimum atomic E-state index is -0.989. The number of likely N-dealkylation sites (N-methyl/N-ethyl adjacent to an activating group) is 1. The van der Waals surface area contributed by atoms with Gasteiger partial charge in [0.05, 0.1) is 0 Å². The first-order valence-corrected chi connectivity index (χ1v) is 7.33. The summed E-state index contributed by atoms with van der Waals surface area (Å²) in [5, 5.41) is 9.19. The van der Waals surface area contributed by atoms with Crippen LogP contribution in [-0.4, -0.2) is 52.3 Å². The summed E-state index contributed by atoms with van der Waals surface area (Å²) in [6.07, 6.45) is 1.75. The molecular weight excluding hydrogens is 254 g/mol. The molecule has 0 aliphatic rings. The molecule has 0 aromatic heterocycles. The minimum Gasteiger partial charge on any atom is -0.480 e. The number of ether oxygens (including phenoxy) is 1. The van der Waals surface area contributed by atoms with E-state index in [1.54, 1.807) is 39.5 Å². The van der Waals surface area contributed by atoms with Crippen molar-refractivity contribution >= 4 is 23.8 Å². The van der Waals surface area contributed by atoms with Crippen molar-refractivity contribution in [3.05, 3.63) is 0 Å². The Labute approximate surface area is 113 Å². The third-order valence-electron chi connectivity index (χ3n) is 2.23. The third kappa shape index (κ3) is 6.14. The molecule has 18 heavy (non-hydrogen) atoms. The summed E-state index contributed by atoms with van der Waals surface area (Å²) >= 11 is 1.56. The lowest BCUT2D eigenvalue weighted by Crippen LogP contribution is -2.47. The van der Waals surface area contributed by atoms with Crippen molar-refractivity contribution in [1.82, 2.24) is 4.90 Å². The first-order chi connectivity index (χ1) is 8.22. The topological polar surface area (TPSA) is 66.8 Å². The molecule has 1 atom stereocenters. The van der Waals surface area contributed by atoms with E-state index in [4.69, 9.17) is 4.74 Å². The lowest BCUT2D eigenvalue weighted by Gasteiger charge is -2.30. The third-order valence-corrected chi connectivity index (χ3v) is 2.87. The molecule has 0 aliphatic heterocycles. The number of hydrogen-bond donors (Lipinski definition) is 1. The van der Waals surface area contributed by atoms with E-state index in [0.29, 0.717) is 18.7 Å². The normalized spacial score (nSPS) is 12.9. The number of nitrogens with zero attached hydrogens (tertiary/aromatic N) is 1. The number of aliphatic carboxylic acids is 1. The molecule has 0 rings (SSSR count). The maximum atomic E-state index is 11.9. The van der Waals surface area contributed by atoms with Crippen molar-refractivity contribution in [3.8, 4) is 0 Å². The van der Waals surface area contributed by atoms with Crippen LogP contribution in [0.4, 0.5) is 4.79 Å². The molecule has 0 aromatic rings. The molecule has 0 heterocycles. The summed E-state index contributed by atoms with van der Waals surface area (Å²) in [4.78, 5) is 24.4. The molecule has 0 bridgehead atoms. The van der Waals surface area contributed by atoms with Gasteiger partial charge in [-0.15, -0.1) is 0 Å². The predicted octanol–water partition coefficient (Wildman–Crippen LogP) is 2.45. The molecular formula is C12H23NO4S. The number of carboxylic acids is 1. The predicted molar refractivity (Wildman–Crippen MR) is 73.0 cm³/mol. The number of rotatable bonds is 6. The summed E-state index contributed by atoms with van der Waals surface area (Å²) in [6.45, 7) is 7.35. The Hall–Kier alpha value is -0.910. The summed E-state index contributed by atoms with van der Waals surface area (Å²) in [5.74, 6) is -0.298. The molecule has 106 valence electrons. The second-order valence-electron chi connectivity index (χ2n) is 4.90. The highest BCUT2D eigenvalue weighted by Gasteiger charge is 2.31. The molecule has 0 fully saturated rings. The largest absolute Gasteiger partial charge is 0.480 e. The maximum absolute atomic E-state index is 11.9. The van der Waals surface area contributed by atoms with Gasteiger partial charge in [-0.05, 0) is 46.1 Å². The van der Waals surface area contributed by atoms with E-state index in [1.807, 2.05) is 6.26 Å². The lowest BCUT2D eigenvalue weighted by molar-refractivity contribution is -0.143. The molecule has 0 saturated carbocycles.